The first-order valence-electron chi connectivity index (χ1n) is 7.88. The van der Waals surface area contributed by atoms with Crippen LogP contribution in [0.25, 0.3) is 0 Å². The maximum Gasteiger partial charge on any atom is 0.293 e. The van der Waals surface area contributed by atoms with Gasteiger partial charge in [-0.15, -0.1) is 11.3 Å². The van der Waals surface area contributed by atoms with Crippen molar-refractivity contribution in [3.05, 3.63) is 53.6 Å². The highest BCUT2D eigenvalue weighted by atomic mass is 32.1. The summed E-state index contributed by atoms with van der Waals surface area (Å²) in [5.74, 6) is -0.132. The molecular formula is C17H15FN4O4S. The van der Waals surface area contributed by atoms with Crippen molar-refractivity contribution < 1.29 is 23.1 Å². The molecule has 0 bridgehead atoms. The van der Waals surface area contributed by atoms with Crippen LogP contribution in [-0.4, -0.2) is 35.1 Å². The monoisotopic (exact) mass is 390 g/mol. The van der Waals surface area contributed by atoms with Gasteiger partial charge in [0.25, 0.3) is 5.91 Å². The Hall–Kier alpha value is -3.27. The molecule has 3 rings (SSSR count). The number of anilines is 2. The molecule has 10 heteroatoms. The molecule has 0 spiro atoms. The zero-order valence-corrected chi connectivity index (χ0v) is 14.8. The number of ether oxygens (including phenoxy) is 1. The smallest absolute Gasteiger partial charge is 0.293 e. The standard InChI is InChI=1S/C17H15FN4O4S/c18-5-8-26-12-3-1-6-19-15(12)21-14(23)9-11-10-27-17(20-11)22-16(24)13-4-2-7-25-13/h1-4,6-7,10H,5,8-9H2,(H,19,21,23)(H,20,22,24). The largest absolute Gasteiger partial charge is 0.487 e. The molecule has 0 saturated carbocycles. The van der Waals surface area contributed by atoms with Crippen molar-refractivity contribution in [3.8, 4) is 5.75 Å². The molecule has 0 saturated heterocycles. The van der Waals surface area contributed by atoms with Gasteiger partial charge >= 0.3 is 0 Å². The van der Waals surface area contributed by atoms with Gasteiger partial charge in [0.15, 0.2) is 22.5 Å². The zero-order chi connectivity index (χ0) is 19.1. The van der Waals surface area contributed by atoms with E-state index in [1.54, 1.807) is 23.6 Å². The molecule has 8 nitrogen and oxygen atoms in total. The Balaban J connectivity index is 1.57. The molecule has 0 radical (unpaired) electrons. The Bertz CT molecular complexity index is 913. The van der Waals surface area contributed by atoms with E-state index < -0.39 is 12.6 Å². The highest BCUT2D eigenvalue weighted by Crippen LogP contribution is 2.22. The third-order valence-corrected chi connectivity index (χ3v) is 4.03. The third-order valence-electron chi connectivity index (χ3n) is 3.22. The quantitative estimate of drug-likeness (QED) is 0.613. The average molecular weight is 390 g/mol. The number of alkyl halides is 1. The van der Waals surface area contributed by atoms with Gasteiger partial charge in [0.2, 0.25) is 5.91 Å². The van der Waals surface area contributed by atoms with Crippen LogP contribution in [0.15, 0.2) is 46.5 Å². The molecule has 0 aliphatic heterocycles. The second-order valence-corrected chi connectivity index (χ2v) is 6.05. The topological polar surface area (TPSA) is 106 Å². The van der Waals surface area contributed by atoms with Gasteiger partial charge in [-0.05, 0) is 24.3 Å². The number of hydrogen-bond donors (Lipinski definition) is 2. The molecule has 3 heterocycles. The van der Waals surface area contributed by atoms with Gasteiger partial charge in [0.05, 0.1) is 18.4 Å². The highest BCUT2D eigenvalue weighted by Gasteiger charge is 2.14. The van der Waals surface area contributed by atoms with Gasteiger partial charge in [0, 0.05) is 11.6 Å². The van der Waals surface area contributed by atoms with Gasteiger partial charge in [-0.25, -0.2) is 14.4 Å². The second-order valence-electron chi connectivity index (χ2n) is 5.19. The van der Waals surface area contributed by atoms with Gasteiger partial charge < -0.3 is 14.5 Å². The van der Waals surface area contributed by atoms with Crippen LogP contribution < -0.4 is 15.4 Å². The summed E-state index contributed by atoms with van der Waals surface area (Å²) in [6.07, 6.45) is 2.87. The summed E-state index contributed by atoms with van der Waals surface area (Å²) in [5.41, 5.74) is 0.481. The molecule has 0 aromatic carbocycles. The minimum absolute atomic E-state index is 0.0216. The second kappa shape index (κ2) is 8.90. The van der Waals surface area contributed by atoms with Crippen molar-refractivity contribution in [2.75, 3.05) is 23.9 Å². The van der Waals surface area contributed by atoms with Crippen molar-refractivity contribution in [1.29, 1.82) is 0 Å². The fourth-order valence-electron chi connectivity index (χ4n) is 2.10. The van der Waals surface area contributed by atoms with Crippen LogP contribution >= 0.6 is 11.3 Å². The minimum Gasteiger partial charge on any atom is -0.487 e. The van der Waals surface area contributed by atoms with Crippen molar-refractivity contribution in [3.63, 3.8) is 0 Å². The lowest BCUT2D eigenvalue weighted by Crippen LogP contribution is -2.17. The minimum atomic E-state index is -0.645. The molecule has 0 aliphatic carbocycles. The molecule has 3 aromatic heterocycles. The molecule has 3 aromatic rings. The summed E-state index contributed by atoms with van der Waals surface area (Å²) < 4.78 is 22.5. The number of hydrogen-bond acceptors (Lipinski definition) is 7. The number of carbonyl (C=O) groups excluding carboxylic acids is 2. The van der Waals surface area contributed by atoms with Crippen LogP contribution in [0.3, 0.4) is 0 Å². The molecule has 0 unspecified atom stereocenters. The van der Waals surface area contributed by atoms with Gasteiger partial charge in [-0.1, -0.05) is 0 Å². The van der Waals surface area contributed by atoms with E-state index in [0.717, 1.165) is 0 Å². The Morgan fingerprint density at radius 1 is 1.26 bits per heavy atom. The summed E-state index contributed by atoms with van der Waals surface area (Å²) >= 11 is 1.19. The summed E-state index contributed by atoms with van der Waals surface area (Å²) in [7, 11) is 0. The average Bonchev–Trinajstić information content (AvgIpc) is 3.33. The molecule has 0 fully saturated rings. The SMILES string of the molecule is O=C(Cc1csc(NC(=O)c2ccco2)n1)Nc1ncccc1OCCF. The molecular weight excluding hydrogens is 375 g/mol. The first kappa shape index (κ1) is 18.5. The maximum atomic E-state index is 12.3. The fourth-order valence-corrected chi connectivity index (χ4v) is 2.81. The Labute approximate surface area is 157 Å². The Kier molecular flexibility index (Phi) is 6.10. The van der Waals surface area contributed by atoms with Crippen LogP contribution in [0.1, 0.15) is 16.2 Å². The molecule has 0 atom stereocenters. The van der Waals surface area contributed by atoms with E-state index in [2.05, 4.69) is 20.6 Å². The van der Waals surface area contributed by atoms with Crippen LogP contribution in [0, 0.1) is 0 Å². The number of amides is 2. The number of pyridine rings is 1. The van der Waals surface area contributed by atoms with Crippen molar-refractivity contribution in [2.24, 2.45) is 0 Å². The predicted molar refractivity (Wildman–Crippen MR) is 96.8 cm³/mol. The summed E-state index contributed by atoms with van der Waals surface area (Å²) in [6, 6.07) is 6.35. The number of nitrogens with one attached hydrogen (secondary N) is 2. The van der Waals surface area contributed by atoms with E-state index in [1.165, 1.54) is 29.9 Å². The van der Waals surface area contributed by atoms with Crippen LogP contribution in [0.5, 0.6) is 5.75 Å². The highest BCUT2D eigenvalue weighted by molar-refractivity contribution is 7.14. The lowest BCUT2D eigenvalue weighted by molar-refractivity contribution is -0.115. The Morgan fingerprint density at radius 3 is 2.93 bits per heavy atom. The van der Waals surface area contributed by atoms with Crippen LogP contribution in [0.4, 0.5) is 15.3 Å². The van der Waals surface area contributed by atoms with Crippen molar-refractivity contribution in [1.82, 2.24) is 9.97 Å². The maximum absolute atomic E-state index is 12.3. The van der Waals surface area contributed by atoms with E-state index in [1.807, 2.05) is 0 Å². The van der Waals surface area contributed by atoms with E-state index in [-0.39, 0.29) is 36.3 Å². The van der Waals surface area contributed by atoms with Crippen molar-refractivity contribution >= 4 is 34.1 Å². The lowest BCUT2D eigenvalue weighted by Gasteiger charge is -2.09. The van der Waals surface area contributed by atoms with Gasteiger partial charge in [-0.3, -0.25) is 14.9 Å². The first-order chi connectivity index (χ1) is 13.2. The number of aromatic nitrogens is 2. The summed E-state index contributed by atoms with van der Waals surface area (Å²) in [6.45, 7) is -0.771. The number of thiazole rings is 1. The van der Waals surface area contributed by atoms with E-state index in [0.29, 0.717) is 10.8 Å². The summed E-state index contributed by atoms with van der Waals surface area (Å²) in [4.78, 5) is 32.3. The fraction of sp³-hybridized carbons (Fsp3) is 0.176. The van der Waals surface area contributed by atoms with E-state index >= 15 is 0 Å². The lowest BCUT2D eigenvalue weighted by atomic mass is 10.3. The number of furan rings is 1. The predicted octanol–water partition coefficient (Wildman–Crippen LogP) is 2.91. The van der Waals surface area contributed by atoms with Crippen LogP contribution in [0.2, 0.25) is 0 Å². The van der Waals surface area contributed by atoms with Gasteiger partial charge in [-0.2, -0.15) is 0 Å². The third kappa shape index (κ3) is 5.11. The van der Waals surface area contributed by atoms with E-state index in [9.17, 15) is 14.0 Å². The Morgan fingerprint density at radius 2 is 2.15 bits per heavy atom. The number of carbonyl (C=O) groups is 2. The molecule has 27 heavy (non-hydrogen) atoms. The molecule has 2 amide bonds. The van der Waals surface area contributed by atoms with Gasteiger partial charge in [0.1, 0.15) is 13.3 Å². The summed E-state index contributed by atoms with van der Waals surface area (Å²) in [5, 5.41) is 7.21. The van der Waals surface area contributed by atoms with Crippen molar-refractivity contribution in [2.45, 2.75) is 6.42 Å². The zero-order valence-electron chi connectivity index (χ0n) is 14.0. The molecule has 0 aliphatic rings. The number of rotatable bonds is 8. The first-order valence-corrected chi connectivity index (χ1v) is 8.76. The number of halogens is 1. The van der Waals surface area contributed by atoms with E-state index in [4.69, 9.17) is 9.15 Å². The number of nitrogens with zero attached hydrogens (tertiary/aromatic N) is 2. The molecule has 2 N–H and O–H groups in total. The normalized spacial score (nSPS) is 10.4. The van der Waals surface area contributed by atoms with Crippen LogP contribution in [-0.2, 0) is 11.2 Å². The molecule has 140 valence electrons.